The topological polar surface area (TPSA) is 50.3 Å². The van der Waals surface area contributed by atoms with Crippen molar-refractivity contribution in [2.45, 2.75) is 24.0 Å². The lowest BCUT2D eigenvalue weighted by molar-refractivity contribution is -0.140. The molecule has 144 valence electrons. The first kappa shape index (κ1) is 19.7. The molecule has 0 amide bonds. The lowest BCUT2D eigenvalue weighted by atomic mass is 10.2. The van der Waals surface area contributed by atoms with Crippen LogP contribution in [0.1, 0.15) is 23.5 Å². The summed E-state index contributed by atoms with van der Waals surface area (Å²) in [7, 11) is -3.04. The standard InChI is InChI=1S/C17H14F4N2O2S2/c1-10(16-22-14-5-3-4-6-15(14)26-16)23(2)27(24,25)11-7-8-13(18)12(9-11)17(19,20)21/h3-10H,1-2H3/t10-/m0/s1. The molecule has 3 aromatic rings. The molecule has 4 nitrogen and oxygen atoms in total. The fraction of sp³-hybridized carbons (Fsp3) is 0.235. The summed E-state index contributed by atoms with van der Waals surface area (Å²) < 4.78 is 79.5. The van der Waals surface area contributed by atoms with Gasteiger partial charge in [0.15, 0.2) is 0 Å². The Balaban J connectivity index is 1.98. The maximum Gasteiger partial charge on any atom is 0.419 e. The summed E-state index contributed by atoms with van der Waals surface area (Å²) in [5.41, 5.74) is -0.916. The minimum Gasteiger partial charge on any atom is -0.239 e. The Bertz CT molecular complexity index is 1060. The Morgan fingerprint density at radius 3 is 2.44 bits per heavy atom. The van der Waals surface area contributed by atoms with Gasteiger partial charge in [0, 0.05) is 7.05 Å². The van der Waals surface area contributed by atoms with Gasteiger partial charge in [-0.05, 0) is 37.3 Å². The summed E-state index contributed by atoms with van der Waals surface area (Å²) in [6.45, 7) is 1.59. The molecule has 0 aliphatic heterocycles. The van der Waals surface area contributed by atoms with Gasteiger partial charge in [-0.1, -0.05) is 12.1 Å². The molecule has 27 heavy (non-hydrogen) atoms. The van der Waals surface area contributed by atoms with Gasteiger partial charge >= 0.3 is 6.18 Å². The van der Waals surface area contributed by atoms with Crippen LogP contribution in [0.15, 0.2) is 47.4 Å². The molecule has 1 aromatic heterocycles. The molecule has 0 radical (unpaired) electrons. The van der Waals surface area contributed by atoms with Crippen molar-refractivity contribution in [3.05, 3.63) is 58.9 Å². The molecule has 1 atom stereocenters. The molecule has 0 fully saturated rings. The van der Waals surface area contributed by atoms with Crippen molar-refractivity contribution in [3.8, 4) is 0 Å². The number of hydrogen-bond donors (Lipinski definition) is 0. The smallest absolute Gasteiger partial charge is 0.239 e. The summed E-state index contributed by atoms with van der Waals surface area (Å²) >= 11 is 1.30. The van der Waals surface area contributed by atoms with Crippen LogP contribution in [0, 0.1) is 5.82 Å². The van der Waals surface area contributed by atoms with Crippen LogP contribution in [0.25, 0.3) is 10.2 Å². The van der Waals surface area contributed by atoms with Gasteiger partial charge in [0.2, 0.25) is 10.0 Å². The van der Waals surface area contributed by atoms with Gasteiger partial charge in [-0.2, -0.15) is 17.5 Å². The summed E-state index contributed by atoms with van der Waals surface area (Å²) in [5, 5.41) is 0.500. The number of aromatic nitrogens is 1. The van der Waals surface area contributed by atoms with Crippen LogP contribution < -0.4 is 0 Å². The molecule has 0 spiro atoms. The molecule has 3 rings (SSSR count). The maximum absolute atomic E-state index is 13.5. The zero-order valence-electron chi connectivity index (χ0n) is 14.2. The van der Waals surface area contributed by atoms with E-state index in [2.05, 4.69) is 4.98 Å². The Morgan fingerprint density at radius 1 is 1.15 bits per heavy atom. The highest BCUT2D eigenvalue weighted by atomic mass is 32.2. The predicted molar refractivity (Wildman–Crippen MR) is 94.4 cm³/mol. The van der Waals surface area contributed by atoms with Crippen LogP contribution in [-0.4, -0.2) is 24.8 Å². The van der Waals surface area contributed by atoms with Crippen molar-refractivity contribution in [3.63, 3.8) is 0 Å². The third-order valence-electron chi connectivity index (χ3n) is 4.13. The van der Waals surface area contributed by atoms with Crippen molar-refractivity contribution >= 4 is 31.6 Å². The average Bonchev–Trinajstić information content (AvgIpc) is 3.03. The molecule has 0 unspecified atom stereocenters. The molecule has 1 heterocycles. The third-order valence-corrected chi connectivity index (χ3v) is 7.26. The molecular formula is C17H14F4N2O2S2. The molecule has 0 saturated heterocycles. The minimum absolute atomic E-state index is 0.312. The number of rotatable bonds is 4. The SMILES string of the molecule is C[C@@H](c1nc2ccccc2s1)N(C)S(=O)(=O)c1ccc(F)c(C(F)(F)F)c1. The number of thiazole rings is 1. The zero-order valence-corrected chi connectivity index (χ0v) is 15.8. The van der Waals surface area contributed by atoms with Crippen LogP contribution in [0.2, 0.25) is 0 Å². The highest BCUT2D eigenvalue weighted by molar-refractivity contribution is 7.89. The third kappa shape index (κ3) is 3.69. The Morgan fingerprint density at radius 2 is 1.81 bits per heavy atom. The minimum atomic E-state index is -4.99. The van der Waals surface area contributed by atoms with Crippen molar-refractivity contribution in [2.24, 2.45) is 0 Å². The number of hydrogen-bond acceptors (Lipinski definition) is 4. The summed E-state index contributed by atoms with van der Waals surface area (Å²) in [4.78, 5) is 3.75. The van der Waals surface area contributed by atoms with Gasteiger partial charge in [0.25, 0.3) is 0 Å². The van der Waals surface area contributed by atoms with Crippen LogP contribution in [0.3, 0.4) is 0 Å². The first-order chi connectivity index (χ1) is 12.5. The van der Waals surface area contributed by atoms with E-state index < -0.39 is 38.5 Å². The van der Waals surface area contributed by atoms with E-state index >= 15 is 0 Å². The fourth-order valence-electron chi connectivity index (χ4n) is 2.48. The fourth-order valence-corrected chi connectivity index (χ4v) is 4.97. The number of fused-ring (bicyclic) bond motifs is 1. The van der Waals surface area contributed by atoms with Crippen LogP contribution >= 0.6 is 11.3 Å². The Kier molecular flexibility index (Phi) is 5.00. The zero-order chi connectivity index (χ0) is 20.0. The number of para-hydroxylation sites is 1. The number of halogens is 4. The normalized spacial score (nSPS) is 14.0. The first-order valence-electron chi connectivity index (χ1n) is 7.72. The van der Waals surface area contributed by atoms with E-state index in [9.17, 15) is 26.0 Å². The molecule has 0 N–H and O–H groups in total. The van der Waals surface area contributed by atoms with Crippen LogP contribution in [0.5, 0.6) is 0 Å². The second-order valence-electron chi connectivity index (χ2n) is 5.86. The van der Waals surface area contributed by atoms with E-state index in [-0.39, 0.29) is 0 Å². The number of benzene rings is 2. The summed E-state index contributed by atoms with van der Waals surface area (Å²) in [6.07, 6.45) is -4.99. The number of sulfonamides is 1. The molecule has 2 aromatic carbocycles. The number of alkyl halides is 3. The molecule has 10 heteroatoms. The average molecular weight is 418 g/mol. The van der Waals surface area contributed by atoms with Crippen LogP contribution in [0.4, 0.5) is 17.6 Å². The quantitative estimate of drug-likeness (QED) is 0.570. The van der Waals surface area contributed by atoms with E-state index in [1.54, 1.807) is 19.1 Å². The largest absolute Gasteiger partial charge is 0.419 e. The molecule has 0 saturated carbocycles. The van der Waals surface area contributed by atoms with Gasteiger partial charge in [0.05, 0.1) is 26.7 Å². The van der Waals surface area contributed by atoms with E-state index in [1.165, 1.54) is 18.4 Å². The van der Waals surface area contributed by atoms with Crippen molar-refractivity contribution in [1.29, 1.82) is 0 Å². The van der Waals surface area contributed by atoms with Crippen molar-refractivity contribution in [1.82, 2.24) is 9.29 Å². The van der Waals surface area contributed by atoms with Gasteiger partial charge in [-0.3, -0.25) is 0 Å². The van der Waals surface area contributed by atoms with E-state index in [0.29, 0.717) is 22.7 Å². The monoisotopic (exact) mass is 418 g/mol. The lowest BCUT2D eigenvalue weighted by Gasteiger charge is -2.23. The molecule has 0 aliphatic carbocycles. The summed E-state index contributed by atoms with van der Waals surface area (Å²) in [6, 6.07) is 8.17. The molecule has 0 bridgehead atoms. The van der Waals surface area contributed by atoms with E-state index in [0.717, 1.165) is 15.1 Å². The van der Waals surface area contributed by atoms with Crippen molar-refractivity contribution < 1.29 is 26.0 Å². The van der Waals surface area contributed by atoms with E-state index in [1.807, 2.05) is 12.1 Å². The predicted octanol–water partition coefficient (Wildman–Crippen LogP) is 4.84. The number of nitrogens with zero attached hydrogens (tertiary/aromatic N) is 2. The maximum atomic E-state index is 13.5. The van der Waals surface area contributed by atoms with E-state index in [4.69, 9.17) is 0 Å². The van der Waals surface area contributed by atoms with Gasteiger partial charge in [-0.15, -0.1) is 11.3 Å². The Hall–Kier alpha value is -2.04. The van der Waals surface area contributed by atoms with Gasteiger partial charge in [0.1, 0.15) is 10.8 Å². The lowest BCUT2D eigenvalue weighted by Crippen LogP contribution is -2.30. The Labute approximate surface area is 157 Å². The highest BCUT2D eigenvalue weighted by Crippen LogP contribution is 2.35. The van der Waals surface area contributed by atoms with Gasteiger partial charge in [-0.25, -0.2) is 17.8 Å². The highest BCUT2D eigenvalue weighted by Gasteiger charge is 2.36. The molecular weight excluding hydrogens is 404 g/mol. The first-order valence-corrected chi connectivity index (χ1v) is 9.97. The second-order valence-corrected chi connectivity index (χ2v) is 8.92. The second kappa shape index (κ2) is 6.84. The molecule has 0 aliphatic rings. The van der Waals surface area contributed by atoms with Gasteiger partial charge < -0.3 is 0 Å². The summed E-state index contributed by atoms with van der Waals surface area (Å²) in [5.74, 6) is -1.52. The van der Waals surface area contributed by atoms with Crippen molar-refractivity contribution in [2.75, 3.05) is 7.05 Å². The van der Waals surface area contributed by atoms with Crippen LogP contribution in [-0.2, 0) is 16.2 Å².